The smallest absolute Gasteiger partial charge is 0.315 e. The molecule has 0 radical (unpaired) electrons. The lowest BCUT2D eigenvalue weighted by Gasteiger charge is -2.15. The first-order valence-corrected chi connectivity index (χ1v) is 4.86. The third-order valence-electron chi connectivity index (χ3n) is 2.09. The fraction of sp³-hybridized carbons (Fsp3) is 0.364. The van der Waals surface area contributed by atoms with Gasteiger partial charge in [0.25, 0.3) is 5.91 Å². The van der Waals surface area contributed by atoms with Gasteiger partial charge in [0.2, 0.25) is 0 Å². The highest BCUT2D eigenvalue weighted by Gasteiger charge is 2.19. The van der Waals surface area contributed by atoms with Gasteiger partial charge in [-0.3, -0.25) is 4.79 Å². The average molecular weight is 229 g/mol. The summed E-state index contributed by atoms with van der Waals surface area (Å²) in [7, 11) is 0. The van der Waals surface area contributed by atoms with Crippen molar-refractivity contribution >= 4 is 5.91 Å². The van der Waals surface area contributed by atoms with E-state index in [1.807, 2.05) is 6.07 Å². The van der Waals surface area contributed by atoms with Gasteiger partial charge in [0.05, 0.1) is 12.6 Å². The highest BCUT2D eigenvalue weighted by Crippen LogP contribution is 2.03. The predicted molar refractivity (Wildman–Crippen MR) is 55.2 cm³/mol. The molecule has 88 valence electrons. The van der Waals surface area contributed by atoms with Crippen LogP contribution < -0.4 is 5.32 Å². The Hall–Kier alpha value is -1.49. The molecule has 3 nitrogen and oxygen atoms in total. The van der Waals surface area contributed by atoms with Crippen LogP contribution in [0.4, 0.5) is 8.78 Å². The quantitative estimate of drug-likeness (QED) is 0.790. The van der Waals surface area contributed by atoms with Crippen molar-refractivity contribution in [2.75, 3.05) is 6.61 Å². The fourth-order valence-electron chi connectivity index (χ4n) is 1.32. The summed E-state index contributed by atoms with van der Waals surface area (Å²) >= 11 is 0. The summed E-state index contributed by atoms with van der Waals surface area (Å²) < 4.78 is 23.9. The van der Waals surface area contributed by atoms with Crippen molar-refractivity contribution in [2.24, 2.45) is 0 Å². The van der Waals surface area contributed by atoms with Crippen molar-refractivity contribution in [1.82, 2.24) is 5.32 Å². The number of aliphatic hydroxyl groups is 1. The van der Waals surface area contributed by atoms with E-state index in [1.54, 1.807) is 24.3 Å². The van der Waals surface area contributed by atoms with E-state index in [1.165, 1.54) is 0 Å². The SMILES string of the molecule is O=C(N[C@H](CO)Cc1ccccc1)C(F)F. The molecule has 0 aliphatic carbocycles. The summed E-state index contributed by atoms with van der Waals surface area (Å²) in [5.41, 5.74) is 0.871. The number of alkyl halides is 2. The Kier molecular flexibility index (Phi) is 4.85. The van der Waals surface area contributed by atoms with Crippen LogP contribution in [0.15, 0.2) is 30.3 Å². The summed E-state index contributed by atoms with van der Waals surface area (Å²) in [5.74, 6) is -1.35. The highest BCUT2D eigenvalue weighted by molar-refractivity contribution is 5.79. The molecule has 1 aromatic rings. The van der Waals surface area contributed by atoms with E-state index in [9.17, 15) is 13.6 Å². The van der Waals surface area contributed by atoms with Crippen LogP contribution in [0.5, 0.6) is 0 Å². The zero-order chi connectivity index (χ0) is 12.0. The largest absolute Gasteiger partial charge is 0.394 e. The van der Waals surface area contributed by atoms with Crippen LogP contribution in [-0.4, -0.2) is 30.1 Å². The monoisotopic (exact) mass is 229 g/mol. The zero-order valence-electron chi connectivity index (χ0n) is 8.57. The Balaban J connectivity index is 2.53. The molecule has 1 amide bonds. The first-order valence-electron chi connectivity index (χ1n) is 4.86. The molecule has 0 aromatic heterocycles. The van der Waals surface area contributed by atoms with E-state index in [-0.39, 0.29) is 6.61 Å². The van der Waals surface area contributed by atoms with E-state index in [4.69, 9.17) is 5.11 Å². The number of halogens is 2. The Morgan fingerprint density at radius 2 is 1.94 bits per heavy atom. The standard InChI is InChI=1S/C11H13F2NO2/c12-10(13)11(16)14-9(7-15)6-8-4-2-1-3-5-8/h1-5,9-10,15H,6-7H2,(H,14,16)/t9-/m0/s1. The van der Waals surface area contributed by atoms with Crippen molar-refractivity contribution in [3.05, 3.63) is 35.9 Å². The Bertz CT molecular complexity index is 330. The third kappa shape index (κ3) is 3.94. The molecule has 0 fully saturated rings. The number of amides is 1. The highest BCUT2D eigenvalue weighted by atomic mass is 19.3. The molecule has 1 aromatic carbocycles. The van der Waals surface area contributed by atoms with E-state index in [0.29, 0.717) is 6.42 Å². The van der Waals surface area contributed by atoms with Crippen LogP contribution in [0.25, 0.3) is 0 Å². The second-order valence-electron chi connectivity index (χ2n) is 3.38. The first-order chi connectivity index (χ1) is 7.63. The molecule has 2 N–H and O–H groups in total. The van der Waals surface area contributed by atoms with Gasteiger partial charge in [-0.05, 0) is 12.0 Å². The van der Waals surface area contributed by atoms with Gasteiger partial charge in [0.1, 0.15) is 0 Å². The van der Waals surface area contributed by atoms with E-state index in [0.717, 1.165) is 5.56 Å². The Morgan fingerprint density at radius 1 is 1.31 bits per heavy atom. The fourth-order valence-corrected chi connectivity index (χ4v) is 1.32. The van der Waals surface area contributed by atoms with Crippen LogP contribution in [0.3, 0.4) is 0 Å². The van der Waals surface area contributed by atoms with Gasteiger partial charge >= 0.3 is 6.43 Å². The molecule has 0 saturated carbocycles. The number of carbonyl (C=O) groups excluding carboxylic acids is 1. The minimum absolute atomic E-state index is 0.329. The van der Waals surface area contributed by atoms with Crippen LogP contribution in [0.1, 0.15) is 5.56 Å². The number of hydrogen-bond donors (Lipinski definition) is 2. The Labute approximate surface area is 92.1 Å². The molecule has 0 heterocycles. The molecule has 0 spiro atoms. The van der Waals surface area contributed by atoms with Gasteiger partial charge in [0, 0.05) is 0 Å². The average Bonchev–Trinajstić information content (AvgIpc) is 2.29. The second-order valence-corrected chi connectivity index (χ2v) is 3.38. The lowest BCUT2D eigenvalue weighted by molar-refractivity contribution is -0.132. The molecular formula is C11H13F2NO2. The van der Waals surface area contributed by atoms with Crippen molar-refractivity contribution in [1.29, 1.82) is 0 Å². The minimum atomic E-state index is -3.05. The van der Waals surface area contributed by atoms with Gasteiger partial charge < -0.3 is 10.4 Å². The van der Waals surface area contributed by atoms with Crippen LogP contribution in [-0.2, 0) is 11.2 Å². The van der Waals surface area contributed by atoms with Crippen LogP contribution in [0.2, 0.25) is 0 Å². The topological polar surface area (TPSA) is 49.3 Å². The van der Waals surface area contributed by atoms with Crippen molar-refractivity contribution in [3.8, 4) is 0 Å². The zero-order valence-corrected chi connectivity index (χ0v) is 8.57. The molecule has 0 aliphatic rings. The van der Waals surface area contributed by atoms with Crippen LogP contribution in [0, 0.1) is 0 Å². The number of rotatable bonds is 5. The number of hydrogen-bond acceptors (Lipinski definition) is 2. The van der Waals surface area contributed by atoms with Crippen molar-refractivity contribution in [2.45, 2.75) is 18.9 Å². The van der Waals surface area contributed by atoms with Gasteiger partial charge in [-0.1, -0.05) is 30.3 Å². The summed E-state index contributed by atoms with van der Waals surface area (Å²) in [6, 6.07) is 8.37. The predicted octanol–water partition coefficient (Wildman–Crippen LogP) is 0.971. The van der Waals surface area contributed by atoms with Crippen LogP contribution >= 0.6 is 0 Å². The second kappa shape index (κ2) is 6.17. The number of carbonyl (C=O) groups is 1. The lowest BCUT2D eigenvalue weighted by atomic mass is 10.1. The molecule has 0 bridgehead atoms. The normalized spacial score (nSPS) is 12.5. The summed E-state index contributed by atoms with van der Waals surface area (Å²) in [6.07, 6.45) is -2.72. The van der Waals surface area contributed by atoms with E-state index >= 15 is 0 Å². The maximum Gasteiger partial charge on any atom is 0.315 e. The summed E-state index contributed by atoms with van der Waals surface area (Å²) in [5, 5.41) is 11.0. The molecule has 0 saturated heterocycles. The number of aliphatic hydroxyl groups excluding tert-OH is 1. The molecule has 0 aliphatic heterocycles. The minimum Gasteiger partial charge on any atom is -0.394 e. The molecule has 16 heavy (non-hydrogen) atoms. The molecule has 1 rings (SSSR count). The van der Waals surface area contributed by atoms with Gasteiger partial charge in [0.15, 0.2) is 0 Å². The maximum atomic E-state index is 12.0. The van der Waals surface area contributed by atoms with Gasteiger partial charge in [-0.2, -0.15) is 8.78 Å². The third-order valence-corrected chi connectivity index (χ3v) is 2.09. The van der Waals surface area contributed by atoms with E-state index in [2.05, 4.69) is 5.32 Å². The van der Waals surface area contributed by atoms with Crippen molar-refractivity contribution in [3.63, 3.8) is 0 Å². The Morgan fingerprint density at radius 3 is 2.44 bits per heavy atom. The van der Waals surface area contributed by atoms with Crippen molar-refractivity contribution < 1.29 is 18.7 Å². The molecule has 5 heteroatoms. The number of nitrogens with one attached hydrogen (secondary N) is 1. The molecular weight excluding hydrogens is 216 g/mol. The first kappa shape index (κ1) is 12.6. The molecule has 0 unspecified atom stereocenters. The van der Waals surface area contributed by atoms with E-state index < -0.39 is 18.4 Å². The van der Waals surface area contributed by atoms with Gasteiger partial charge in [-0.15, -0.1) is 0 Å². The summed E-state index contributed by atoms with van der Waals surface area (Å²) in [4.78, 5) is 10.7. The number of benzene rings is 1. The summed E-state index contributed by atoms with van der Waals surface area (Å²) in [6.45, 7) is -0.368. The maximum absolute atomic E-state index is 12.0. The van der Waals surface area contributed by atoms with Gasteiger partial charge in [-0.25, -0.2) is 0 Å². The lowest BCUT2D eigenvalue weighted by Crippen LogP contribution is -2.42. The molecule has 1 atom stereocenters.